The van der Waals surface area contributed by atoms with E-state index in [0.717, 1.165) is 0 Å². The summed E-state index contributed by atoms with van der Waals surface area (Å²) in [6.45, 7) is 0. The van der Waals surface area contributed by atoms with Gasteiger partial charge >= 0.3 is 0 Å². The molecule has 11 heavy (non-hydrogen) atoms. The van der Waals surface area contributed by atoms with Crippen molar-refractivity contribution in [3.63, 3.8) is 0 Å². The smallest absolute Gasteiger partial charge is 0.0812 e. The van der Waals surface area contributed by atoms with Crippen LogP contribution in [-0.2, 0) is 0 Å². The van der Waals surface area contributed by atoms with Gasteiger partial charge in [-0.25, -0.2) is 0 Å². The molecule has 0 aromatic rings. The lowest BCUT2D eigenvalue weighted by atomic mass is 10.2. The molecule has 1 N–H and O–H groups in total. The maximum atomic E-state index is 5.38. The van der Waals surface area contributed by atoms with E-state index in [0.29, 0.717) is 5.25 Å². The minimum atomic E-state index is 0.257. The number of hydrogen-bond donors (Lipinski definition) is 1. The maximum Gasteiger partial charge on any atom is 0.0812 e. The molecule has 1 heterocycles. The Hall–Kier alpha value is 0.220. The van der Waals surface area contributed by atoms with Crippen LogP contribution >= 0.6 is 23.5 Å². The summed E-state index contributed by atoms with van der Waals surface area (Å²) in [5.74, 6) is 6.50. The Morgan fingerprint density at radius 2 is 2.45 bits per heavy atom. The Balaban J connectivity index is 2.38. The van der Waals surface area contributed by atoms with Crippen LogP contribution in [0, 0.1) is 12.3 Å². The standard InChI is InChI=1S/C8H13NS2/c1-3-7(9-2)8-6-10-4-5-11-8/h1,7-9H,4-6H2,2H3. The van der Waals surface area contributed by atoms with E-state index in [1.165, 1.54) is 17.3 Å². The molecule has 62 valence electrons. The molecule has 1 fully saturated rings. The van der Waals surface area contributed by atoms with Crippen LogP contribution in [-0.4, -0.2) is 35.6 Å². The van der Waals surface area contributed by atoms with Crippen molar-refractivity contribution in [2.45, 2.75) is 11.3 Å². The van der Waals surface area contributed by atoms with E-state index in [9.17, 15) is 0 Å². The molecular formula is C8H13NS2. The largest absolute Gasteiger partial charge is 0.306 e. The van der Waals surface area contributed by atoms with E-state index < -0.39 is 0 Å². The Morgan fingerprint density at radius 3 is 2.91 bits per heavy atom. The van der Waals surface area contributed by atoms with Gasteiger partial charge in [0.25, 0.3) is 0 Å². The highest BCUT2D eigenvalue weighted by atomic mass is 32.2. The number of nitrogens with one attached hydrogen (secondary N) is 1. The van der Waals surface area contributed by atoms with Gasteiger partial charge in [0.15, 0.2) is 0 Å². The van der Waals surface area contributed by atoms with Gasteiger partial charge in [-0.05, 0) is 7.05 Å². The second kappa shape index (κ2) is 4.97. The number of thioether (sulfide) groups is 2. The van der Waals surface area contributed by atoms with Crippen LogP contribution in [0.2, 0.25) is 0 Å². The minimum absolute atomic E-state index is 0.257. The SMILES string of the molecule is C#CC(NC)C1CSCCS1. The minimum Gasteiger partial charge on any atom is -0.306 e. The summed E-state index contributed by atoms with van der Waals surface area (Å²) in [4.78, 5) is 0. The van der Waals surface area contributed by atoms with E-state index in [4.69, 9.17) is 6.42 Å². The molecule has 0 bridgehead atoms. The topological polar surface area (TPSA) is 12.0 Å². The van der Waals surface area contributed by atoms with Crippen LogP contribution in [0.25, 0.3) is 0 Å². The summed E-state index contributed by atoms with van der Waals surface area (Å²) in [7, 11) is 1.93. The average Bonchev–Trinajstić information content (AvgIpc) is 2.09. The molecule has 1 aliphatic heterocycles. The van der Waals surface area contributed by atoms with Gasteiger partial charge in [-0.15, -0.1) is 6.42 Å². The van der Waals surface area contributed by atoms with Gasteiger partial charge in [-0.1, -0.05) is 5.92 Å². The van der Waals surface area contributed by atoms with Gasteiger partial charge in [-0.3, -0.25) is 0 Å². The average molecular weight is 187 g/mol. The highest BCUT2D eigenvalue weighted by Crippen LogP contribution is 2.25. The molecule has 1 saturated heterocycles. The highest BCUT2D eigenvalue weighted by molar-refractivity contribution is 8.06. The normalized spacial score (nSPS) is 27.5. The third-order valence-corrected chi connectivity index (χ3v) is 4.57. The quantitative estimate of drug-likeness (QED) is 0.649. The molecule has 0 spiro atoms. The van der Waals surface area contributed by atoms with E-state index in [1.54, 1.807) is 0 Å². The Bertz CT molecular complexity index is 147. The van der Waals surface area contributed by atoms with Crippen molar-refractivity contribution in [3.05, 3.63) is 0 Å². The van der Waals surface area contributed by atoms with Gasteiger partial charge < -0.3 is 5.32 Å². The van der Waals surface area contributed by atoms with Gasteiger partial charge in [0.1, 0.15) is 0 Å². The van der Waals surface area contributed by atoms with Crippen molar-refractivity contribution < 1.29 is 0 Å². The van der Waals surface area contributed by atoms with E-state index >= 15 is 0 Å². The summed E-state index contributed by atoms with van der Waals surface area (Å²) >= 11 is 4.00. The first-order valence-electron chi connectivity index (χ1n) is 3.71. The van der Waals surface area contributed by atoms with E-state index in [2.05, 4.69) is 11.2 Å². The molecule has 2 atom stereocenters. The number of terminal acetylenes is 1. The molecule has 2 unspecified atom stereocenters. The Labute approximate surface area is 77.1 Å². The molecule has 0 saturated carbocycles. The first kappa shape index (κ1) is 9.31. The monoisotopic (exact) mass is 187 g/mol. The lowest BCUT2D eigenvalue weighted by Crippen LogP contribution is -2.37. The molecule has 0 aliphatic carbocycles. The van der Waals surface area contributed by atoms with Crippen molar-refractivity contribution in [1.82, 2.24) is 5.32 Å². The number of hydrogen-bond acceptors (Lipinski definition) is 3. The fourth-order valence-corrected chi connectivity index (χ4v) is 3.91. The lowest BCUT2D eigenvalue weighted by molar-refractivity contribution is 0.682. The van der Waals surface area contributed by atoms with Gasteiger partial charge in [0, 0.05) is 22.5 Å². The zero-order chi connectivity index (χ0) is 8.10. The summed E-state index contributed by atoms with van der Waals surface area (Å²) < 4.78 is 0. The van der Waals surface area contributed by atoms with Gasteiger partial charge in [-0.2, -0.15) is 23.5 Å². The van der Waals surface area contributed by atoms with Crippen LogP contribution in [0.4, 0.5) is 0 Å². The van der Waals surface area contributed by atoms with Crippen molar-refractivity contribution in [1.29, 1.82) is 0 Å². The van der Waals surface area contributed by atoms with Crippen LogP contribution in [0.5, 0.6) is 0 Å². The third kappa shape index (κ3) is 2.62. The molecule has 0 amide bonds. The molecule has 1 nitrogen and oxygen atoms in total. The molecule has 3 heteroatoms. The van der Waals surface area contributed by atoms with E-state index in [-0.39, 0.29) is 6.04 Å². The predicted octanol–water partition coefficient (Wildman–Crippen LogP) is 1.06. The zero-order valence-electron chi connectivity index (χ0n) is 6.67. The fraction of sp³-hybridized carbons (Fsp3) is 0.750. The highest BCUT2D eigenvalue weighted by Gasteiger charge is 2.21. The van der Waals surface area contributed by atoms with Gasteiger partial charge in [0.05, 0.1) is 6.04 Å². The van der Waals surface area contributed by atoms with Gasteiger partial charge in [0.2, 0.25) is 0 Å². The summed E-state index contributed by atoms with van der Waals surface area (Å²) in [5, 5.41) is 3.77. The van der Waals surface area contributed by atoms with Crippen LogP contribution < -0.4 is 5.32 Å². The zero-order valence-corrected chi connectivity index (χ0v) is 8.30. The molecule has 0 radical (unpaired) electrons. The first-order chi connectivity index (χ1) is 5.38. The molecule has 1 rings (SSSR count). The van der Waals surface area contributed by atoms with Crippen molar-refractivity contribution in [3.8, 4) is 12.3 Å². The summed E-state index contributed by atoms with van der Waals surface area (Å²) in [6, 6.07) is 0.257. The molecular weight excluding hydrogens is 174 g/mol. The Kier molecular flexibility index (Phi) is 4.21. The third-order valence-electron chi connectivity index (χ3n) is 1.70. The fourth-order valence-electron chi connectivity index (χ4n) is 1.08. The lowest BCUT2D eigenvalue weighted by Gasteiger charge is -2.25. The summed E-state index contributed by atoms with van der Waals surface area (Å²) in [5.41, 5.74) is 0. The summed E-state index contributed by atoms with van der Waals surface area (Å²) in [6.07, 6.45) is 5.38. The first-order valence-corrected chi connectivity index (χ1v) is 5.91. The number of rotatable bonds is 2. The van der Waals surface area contributed by atoms with Crippen molar-refractivity contribution in [2.24, 2.45) is 0 Å². The van der Waals surface area contributed by atoms with Crippen molar-refractivity contribution in [2.75, 3.05) is 24.3 Å². The second-order valence-corrected chi connectivity index (χ2v) is 4.91. The van der Waals surface area contributed by atoms with Crippen LogP contribution in [0.3, 0.4) is 0 Å². The molecule has 0 aromatic heterocycles. The van der Waals surface area contributed by atoms with Crippen LogP contribution in [0.1, 0.15) is 0 Å². The molecule has 0 aromatic carbocycles. The van der Waals surface area contributed by atoms with Crippen LogP contribution in [0.15, 0.2) is 0 Å². The van der Waals surface area contributed by atoms with E-state index in [1.807, 2.05) is 30.6 Å². The molecule has 1 aliphatic rings. The second-order valence-electron chi connectivity index (χ2n) is 2.42. The predicted molar refractivity (Wildman–Crippen MR) is 55.3 cm³/mol. The maximum absolute atomic E-state index is 5.38. The van der Waals surface area contributed by atoms with Crippen molar-refractivity contribution >= 4 is 23.5 Å². The Morgan fingerprint density at radius 1 is 1.64 bits per heavy atom.